The van der Waals surface area contributed by atoms with E-state index in [2.05, 4.69) is 32.9 Å². The molecule has 2 aromatic rings. The van der Waals surface area contributed by atoms with E-state index in [1.54, 1.807) is 7.11 Å². The fraction of sp³-hybridized carbons (Fsp3) is 0.542. The standard InChI is InChI=1S/C24H32O3/c1-16(2)21-13-10-17(3)14-22(21)27-23(25)24(4,26-5)20-12-11-18-8-6-7-9-19(18)15-20/h6-9,11-12,15-17,21-22H,10,13-14H2,1-5H3/t17-,21+,22-,24-/m1/s1. The van der Waals surface area contributed by atoms with Gasteiger partial charge >= 0.3 is 5.97 Å². The summed E-state index contributed by atoms with van der Waals surface area (Å²) in [7, 11) is 1.58. The van der Waals surface area contributed by atoms with Gasteiger partial charge in [0.05, 0.1) is 0 Å². The molecule has 0 amide bonds. The average molecular weight is 369 g/mol. The highest BCUT2D eigenvalue weighted by molar-refractivity contribution is 5.87. The quantitative estimate of drug-likeness (QED) is 0.635. The molecule has 0 radical (unpaired) electrons. The van der Waals surface area contributed by atoms with Crippen LogP contribution in [0.4, 0.5) is 0 Å². The number of hydrogen-bond donors (Lipinski definition) is 0. The molecule has 2 aromatic carbocycles. The molecule has 1 aliphatic carbocycles. The maximum absolute atomic E-state index is 13.2. The van der Waals surface area contributed by atoms with E-state index in [4.69, 9.17) is 9.47 Å². The van der Waals surface area contributed by atoms with Gasteiger partial charge in [0, 0.05) is 7.11 Å². The van der Waals surface area contributed by atoms with Gasteiger partial charge in [0.1, 0.15) is 6.10 Å². The molecule has 0 unspecified atom stereocenters. The van der Waals surface area contributed by atoms with Gasteiger partial charge in [-0.15, -0.1) is 0 Å². The van der Waals surface area contributed by atoms with E-state index in [9.17, 15) is 4.79 Å². The lowest BCUT2D eigenvalue weighted by Crippen LogP contribution is -2.43. The predicted molar refractivity (Wildman–Crippen MR) is 110 cm³/mol. The Hall–Kier alpha value is -1.87. The van der Waals surface area contributed by atoms with Crippen LogP contribution in [-0.4, -0.2) is 19.2 Å². The molecule has 0 spiro atoms. The fourth-order valence-corrected chi connectivity index (χ4v) is 4.31. The second kappa shape index (κ2) is 8.02. The minimum absolute atomic E-state index is 0.0313. The minimum Gasteiger partial charge on any atom is -0.460 e. The lowest BCUT2D eigenvalue weighted by molar-refractivity contribution is -0.180. The zero-order chi connectivity index (χ0) is 19.6. The van der Waals surface area contributed by atoms with Crippen LogP contribution in [0.5, 0.6) is 0 Å². The molecular weight excluding hydrogens is 336 g/mol. The molecule has 3 rings (SSSR count). The first-order valence-corrected chi connectivity index (χ1v) is 10.1. The number of carbonyl (C=O) groups is 1. The zero-order valence-corrected chi connectivity index (χ0v) is 17.2. The number of esters is 1. The van der Waals surface area contributed by atoms with Gasteiger partial charge < -0.3 is 9.47 Å². The topological polar surface area (TPSA) is 35.5 Å². The van der Waals surface area contributed by atoms with Crippen molar-refractivity contribution in [3.63, 3.8) is 0 Å². The summed E-state index contributed by atoms with van der Waals surface area (Å²) in [5.41, 5.74) is -0.273. The summed E-state index contributed by atoms with van der Waals surface area (Å²) < 4.78 is 11.8. The maximum atomic E-state index is 13.2. The highest BCUT2D eigenvalue weighted by Crippen LogP contribution is 2.37. The number of benzene rings is 2. The number of hydrogen-bond acceptors (Lipinski definition) is 3. The first-order valence-electron chi connectivity index (χ1n) is 10.1. The van der Waals surface area contributed by atoms with E-state index in [0.29, 0.717) is 17.8 Å². The largest absolute Gasteiger partial charge is 0.460 e. The predicted octanol–water partition coefficient (Wildman–Crippen LogP) is 5.71. The van der Waals surface area contributed by atoms with E-state index < -0.39 is 5.60 Å². The third-order valence-corrected chi connectivity index (χ3v) is 6.32. The summed E-state index contributed by atoms with van der Waals surface area (Å²) in [6.07, 6.45) is 3.24. The van der Waals surface area contributed by atoms with Crippen molar-refractivity contribution in [3.8, 4) is 0 Å². The molecule has 0 saturated heterocycles. The molecular formula is C24H32O3. The zero-order valence-electron chi connectivity index (χ0n) is 17.2. The van der Waals surface area contributed by atoms with Crippen LogP contribution in [0, 0.1) is 17.8 Å². The lowest BCUT2D eigenvalue weighted by atomic mass is 9.75. The summed E-state index contributed by atoms with van der Waals surface area (Å²) in [4.78, 5) is 13.2. The van der Waals surface area contributed by atoms with Crippen LogP contribution in [0.1, 0.15) is 52.5 Å². The summed E-state index contributed by atoms with van der Waals surface area (Å²) in [6.45, 7) is 8.51. The molecule has 0 N–H and O–H groups in total. The molecule has 1 saturated carbocycles. The third kappa shape index (κ3) is 4.03. The Balaban J connectivity index is 1.86. The molecule has 4 atom stereocenters. The smallest absolute Gasteiger partial charge is 0.343 e. The van der Waals surface area contributed by atoms with E-state index in [1.165, 1.54) is 6.42 Å². The first kappa shape index (κ1) is 19.9. The Bertz CT molecular complexity index is 797. The van der Waals surface area contributed by atoms with Gasteiger partial charge in [0.2, 0.25) is 0 Å². The van der Waals surface area contributed by atoms with Crippen molar-refractivity contribution in [2.45, 2.75) is 58.7 Å². The Morgan fingerprint density at radius 1 is 1.11 bits per heavy atom. The number of ether oxygens (including phenoxy) is 2. The first-order chi connectivity index (χ1) is 12.8. The summed E-state index contributed by atoms with van der Waals surface area (Å²) in [5.74, 6) is 1.23. The minimum atomic E-state index is -1.10. The van der Waals surface area contributed by atoms with Crippen LogP contribution in [0.15, 0.2) is 42.5 Å². The van der Waals surface area contributed by atoms with Crippen molar-refractivity contribution in [2.75, 3.05) is 7.11 Å². The molecule has 0 heterocycles. The van der Waals surface area contributed by atoms with Crippen molar-refractivity contribution in [3.05, 3.63) is 48.0 Å². The Morgan fingerprint density at radius 3 is 2.48 bits per heavy atom. The van der Waals surface area contributed by atoms with Crippen LogP contribution >= 0.6 is 0 Å². The van der Waals surface area contributed by atoms with Gasteiger partial charge in [-0.1, -0.05) is 63.6 Å². The van der Waals surface area contributed by atoms with Gasteiger partial charge in [-0.2, -0.15) is 0 Å². The molecule has 3 nitrogen and oxygen atoms in total. The average Bonchev–Trinajstić information content (AvgIpc) is 2.66. The van der Waals surface area contributed by atoms with Crippen LogP contribution in [0.3, 0.4) is 0 Å². The van der Waals surface area contributed by atoms with Crippen LogP contribution in [0.25, 0.3) is 10.8 Å². The second-order valence-electron chi connectivity index (χ2n) is 8.57. The number of rotatable bonds is 5. The number of carbonyl (C=O) groups excluding carboxylic acids is 1. The molecule has 1 aliphatic rings. The van der Waals surface area contributed by atoms with Gasteiger partial charge in [0.25, 0.3) is 0 Å². The normalized spacial score (nSPS) is 25.3. The Kier molecular flexibility index (Phi) is 5.90. The molecule has 27 heavy (non-hydrogen) atoms. The van der Waals surface area contributed by atoms with E-state index >= 15 is 0 Å². The molecule has 146 valence electrons. The van der Waals surface area contributed by atoms with Gasteiger partial charge in [-0.25, -0.2) is 4.79 Å². The number of fused-ring (bicyclic) bond motifs is 1. The van der Waals surface area contributed by atoms with Crippen LogP contribution < -0.4 is 0 Å². The van der Waals surface area contributed by atoms with Gasteiger partial charge in [0.15, 0.2) is 5.60 Å². The molecule has 0 bridgehead atoms. The highest BCUT2D eigenvalue weighted by atomic mass is 16.6. The number of methoxy groups -OCH3 is 1. The van der Waals surface area contributed by atoms with E-state index in [1.807, 2.05) is 37.3 Å². The maximum Gasteiger partial charge on any atom is 0.343 e. The monoisotopic (exact) mass is 368 g/mol. The lowest BCUT2D eigenvalue weighted by Gasteiger charge is -2.38. The van der Waals surface area contributed by atoms with Crippen LogP contribution in [-0.2, 0) is 19.9 Å². The van der Waals surface area contributed by atoms with Crippen molar-refractivity contribution in [2.24, 2.45) is 17.8 Å². The molecule has 0 aliphatic heterocycles. The van der Waals surface area contributed by atoms with E-state index in [0.717, 1.165) is 29.2 Å². The molecule has 1 fully saturated rings. The fourth-order valence-electron chi connectivity index (χ4n) is 4.31. The van der Waals surface area contributed by atoms with Crippen molar-refractivity contribution < 1.29 is 14.3 Å². The van der Waals surface area contributed by atoms with Crippen molar-refractivity contribution >= 4 is 16.7 Å². The summed E-state index contributed by atoms with van der Waals surface area (Å²) >= 11 is 0. The second-order valence-corrected chi connectivity index (χ2v) is 8.57. The summed E-state index contributed by atoms with van der Waals surface area (Å²) in [5, 5.41) is 2.24. The van der Waals surface area contributed by atoms with Crippen LogP contribution in [0.2, 0.25) is 0 Å². The summed E-state index contributed by atoms with van der Waals surface area (Å²) in [6, 6.07) is 14.2. The highest BCUT2D eigenvalue weighted by Gasteiger charge is 2.41. The van der Waals surface area contributed by atoms with Gasteiger partial charge in [-0.05, 0) is 59.9 Å². The van der Waals surface area contributed by atoms with Gasteiger partial charge in [-0.3, -0.25) is 0 Å². The Labute approximate surface area is 163 Å². The van der Waals surface area contributed by atoms with Crippen molar-refractivity contribution in [1.29, 1.82) is 0 Å². The SMILES string of the molecule is CO[C@@](C)(C(=O)O[C@@H]1C[C@H](C)CC[C@H]1C(C)C)c1ccc2ccccc2c1. The van der Waals surface area contributed by atoms with Crippen molar-refractivity contribution in [1.82, 2.24) is 0 Å². The third-order valence-electron chi connectivity index (χ3n) is 6.32. The molecule has 3 heteroatoms. The Morgan fingerprint density at radius 2 is 1.81 bits per heavy atom. The van der Waals surface area contributed by atoms with E-state index in [-0.39, 0.29) is 12.1 Å². The molecule has 0 aromatic heterocycles.